The minimum atomic E-state index is 0.408. The van der Waals surface area contributed by atoms with Crippen molar-refractivity contribution in [1.29, 1.82) is 0 Å². The molecule has 0 radical (unpaired) electrons. The van der Waals surface area contributed by atoms with Crippen molar-refractivity contribution in [3.8, 4) is 0 Å². The smallest absolute Gasteiger partial charge is 0.0114 e. The quantitative estimate of drug-likeness (QED) is 0.685. The number of hydrogen-bond donors (Lipinski definition) is 1. The zero-order chi connectivity index (χ0) is 10.3. The zero-order valence-corrected chi connectivity index (χ0v) is 9.15. The third-order valence-electron chi connectivity index (χ3n) is 4.20. The molecule has 2 aliphatic carbocycles. The first-order valence-electron chi connectivity index (χ1n) is 6.22. The highest BCUT2D eigenvalue weighted by atomic mass is 14.7. The van der Waals surface area contributed by atoms with Crippen molar-refractivity contribution in [3.63, 3.8) is 0 Å². The van der Waals surface area contributed by atoms with Crippen LogP contribution in [0.1, 0.15) is 55.1 Å². The maximum atomic E-state index is 6.30. The number of benzene rings is 1. The largest absolute Gasteiger partial charge is 0.327 e. The monoisotopic (exact) mass is 201 g/mol. The van der Waals surface area contributed by atoms with Crippen LogP contribution in [0.2, 0.25) is 0 Å². The highest BCUT2D eigenvalue weighted by Crippen LogP contribution is 2.52. The molecule has 1 fully saturated rings. The lowest BCUT2D eigenvalue weighted by Gasteiger charge is -2.44. The molecular weight excluding hydrogens is 182 g/mol. The predicted octanol–water partition coefficient (Wildman–Crippen LogP) is 3.16. The van der Waals surface area contributed by atoms with Gasteiger partial charge in [0.2, 0.25) is 0 Å². The van der Waals surface area contributed by atoms with Crippen molar-refractivity contribution >= 4 is 0 Å². The van der Waals surface area contributed by atoms with E-state index in [9.17, 15) is 0 Å². The lowest BCUT2D eigenvalue weighted by Crippen LogP contribution is -2.39. The third kappa shape index (κ3) is 1.41. The van der Waals surface area contributed by atoms with E-state index in [1.165, 1.54) is 37.7 Å². The first-order valence-corrected chi connectivity index (χ1v) is 6.22. The van der Waals surface area contributed by atoms with Gasteiger partial charge in [-0.2, -0.15) is 0 Å². The Balaban J connectivity index is 1.93. The maximum Gasteiger partial charge on any atom is 0.0114 e. The molecule has 2 N–H and O–H groups in total. The van der Waals surface area contributed by atoms with Crippen LogP contribution in [0.3, 0.4) is 0 Å². The Kier molecular flexibility index (Phi) is 2.28. The van der Waals surface area contributed by atoms with Crippen LogP contribution in [0, 0.1) is 0 Å². The molecule has 1 heteroatoms. The molecule has 2 aliphatic rings. The molecule has 0 aromatic heterocycles. The summed E-state index contributed by atoms with van der Waals surface area (Å²) in [6.07, 6.45) is 6.67. The van der Waals surface area contributed by atoms with Gasteiger partial charge in [0.25, 0.3) is 0 Å². The van der Waals surface area contributed by atoms with Gasteiger partial charge in [0, 0.05) is 12.0 Å². The summed E-state index contributed by atoms with van der Waals surface area (Å²) in [6, 6.07) is 9.30. The van der Waals surface area contributed by atoms with Crippen LogP contribution in [0.15, 0.2) is 24.3 Å². The Hall–Kier alpha value is -0.820. The van der Waals surface area contributed by atoms with E-state index in [0.29, 0.717) is 12.0 Å². The summed E-state index contributed by atoms with van der Waals surface area (Å²) < 4.78 is 0. The lowest BCUT2D eigenvalue weighted by molar-refractivity contribution is 0.324. The van der Waals surface area contributed by atoms with Gasteiger partial charge in [0.15, 0.2) is 0 Å². The maximum absolute atomic E-state index is 6.30. The highest BCUT2D eigenvalue weighted by Gasteiger charge is 2.40. The van der Waals surface area contributed by atoms with Crippen LogP contribution >= 0.6 is 0 Å². The Morgan fingerprint density at radius 2 is 1.67 bits per heavy atom. The summed E-state index contributed by atoms with van der Waals surface area (Å²) in [5.41, 5.74) is 9.43. The molecule has 1 aromatic rings. The first-order chi connectivity index (χ1) is 7.38. The molecule has 3 rings (SSSR count). The average molecular weight is 201 g/mol. The van der Waals surface area contributed by atoms with Crippen LogP contribution in [0.5, 0.6) is 0 Å². The van der Waals surface area contributed by atoms with Crippen molar-refractivity contribution in [1.82, 2.24) is 0 Å². The molecule has 80 valence electrons. The molecule has 3 atom stereocenters. The second kappa shape index (κ2) is 3.64. The van der Waals surface area contributed by atoms with Gasteiger partial charge in [0.1, 0.15) is 0 Å². The summed E-state index contributed by atoms with van der Waals surface area (Å²) in [5.74, 6) is 1.44. The van der Waals surface area contributed by atoms with E-state index in [1.807, 2.05) is 0 Å². The average Bonchev–Trinajstić information content (AvgIpc) is 2.21. The standard InChI is InChI=1S/C14H19N/c15-13-9-3-1-2-7-11-10-6-4-5-8-12(10)14(11)13/h4-6,8,11,13-14H,1-3,7,9,15H2. The van der Waals surface area contributed by atoms with Crippen molar-refractivity contribution < 1.29 is 0 Å². The Labute approximate surface area is 91.7 Å². The zero-order valence-electron chi connectivity index (χ0n) is 9.15. The fourth-order valence-corrected chi connectivity index (χ4v) is 3.43. The second-order valence-electron chi connectivity index (χ2n) is 5.06. The minimum absolute atomic E-state index is 0.408. The summed E-state index contributed by atoms with van der Waals surface area (Å²) >= 11 is 0. The van der Waals surface area contributed by atoms with Gasteiger partial charge in [0.05, 0.1) is 0 Å². The van der Waals surface area contributed by atoms with Crippen LogP contribution in [0.25, 0.3) is 0 Å². The molecule has 1 saturated carbocycles. The van der Waals surface area contributed by atoms with Crippen LogP contribution < -0.4 is 5.73 Å². The molecule has 1 aromatic carbocycles. The molecule has 15 heavy (non-hydrogen) atoms. The molecule has 0 amide bonds. The summed E-state index contributed by atoms with van der Waals surface area (Å²) in [5, 5.41) is 0. The van der Waals surface area contributed by atoms with E-state index in [4.69, 9.17) is 5.73 Å². The van der Waals surface area contributed by atoms with E-state index >= 15 is 0 Å². The number of fused-ring (bicyclic) bond motifs is 4. The van der Waals surface area contributed by atoms with Crippen molar-refractivity contribution in [2.24, 2.45) is 5.73 Å². The summed E-state index contributed by atoms with van der Waals surface area (Å²) in [4.78, 5) is 0. The van der Waals surface area contributed by atoms with E-state index in [0.717, 1.165) is 5.92 Å². The topological polar surface area (TPSA) is 26.0 Å². The van der Waals surface area contributed by atoms with Gasteiger partial charge < -0.3 is 5.73 Å². The molecular formula is C14H19N. The number of hydrogen-bond acceptors (Lipinski definition) is 1. The Bertz CT molecular complexity index is 358. The number of nitrogens with two attached hydrogens (primary N) is 1. The molecule has 0 spiro atoms. The Morgan fingerprint density at radius 3 is 2.53 bits per heavy atom. The van der Waals surface area contributed by atoms with Gasteiger partial charge in [-0.25, -0.2) is 0 Å². The van der Waals surface area contributed by atoms with Crippen LogP contribution in [-0.4, -0.2) is 6.04 Å². The third-order valence-corrected chi connectivity index (χ3v) is 4.20. The predicted molar refractivity (Wildman–Crippen MR) is 63.0 cm³/mol. The molecule has 0 saturated heterocycles. The van der Waals surface area contributed by atoms with Gasteiger partial charge in [-0.3, -0.25) is 0 Å². The minimum Gasteiger partial charge on any atom is -0.327 e. The molecule has 0 aliphatic heterocycles. The molecule has 0 bridgehead atoms. The van der Waals surface area contributed by atoms with E-state index in [-0.39, 0.29) is 0 Å². The molecule has 3 unspecified atom stereocenters. The fraction of sp³-hybridized carbons (Fsp3) is 0.571. The molecule has 0 heterocycles. The normalized spacial score (nSPS) is 34.3. The van der Waals surface area contributed by atoms with Gasteiger partial charge >= 0.3 is 0 Å². The van der Waals surface area contributed by atoms with E-state index < -0.39 is 0 Å². The first kappa shape index (κ1) is 9.41. The Morgan fingerprint density at radius 1 is 0.933 bits per heavy atom. The van der Waals surface area contributed by atoms with Crippen molar-refractivity contribution in [3.05, 3.63) is 35.4 Å². The van der Waals surface area contributed by atoms with E-state index in [1.54, 1.807) is 5.56 Å². The number of rotatable bonds is 0. The molecule has 1 nitrogen and oxygen atoms in total. The van der Waals surface area contributed by atoms with Crippen LogP contribution in [0.4, 0.5) is 0 Å². The fourth-order valence-electron chi connectivity index (χ4n) is 3.43. The highest BCUT2D eigenvalue weighted by molar-refractivity contribution is 5.46. The van der Waals surface area contributed by atoms with Gasteiger partial charge in [-0.1, -0.05) is 43.5 Å². The summed E-state index contributed by atoms with van der Waals surface area (Å²) in [7, 11) is 0. The van der Waals surface area contributed by atoms with E-state index in [2.05, 4.69) is 24.3 Å². The van der Waals surface area contributed by atoms with Crippen LogP contribution in [-0.2, 0) is 0 Å². The van der Waals surface area contributed by atoms with Gasteiger partial charge in [-0.15, -0.1) is 0 Å². The van der Waals surface area contributed by atoms with Crippen molar-refractivity contribution in [2.75, 3.05) is 0 Å². The summed E-state index contributed by atoms with van der Waals surface area (Å²) in [6.45, 7) is 0. The second-order valence-corrected chi connectivity index (χ2v) is 5.06. The van der Waals surface area contributed by atoms with Crippen molar-refractivity contribution in [2.45, 2.75) is 50.0 Å². The SMILES string of the molecule is NC1CCCCCC2c3ccccc3C12. The lowest BCUT2D eigenvalue weighted by atomic mass is 9.61. The van der Waals surface area contributed by atoms with Gasteiger partial charge in [-0.05, 0) is 29.9 Å².